The first-order chi connectivity index (χ1) is 11.2. The molecule has 1 saturated heterocycles. The highest BCUT2D eigenvalue weighted by Crippen LogP contribution is 2.27. The van der Waals surface area contributed by atoms with E-state index in [1.165, 1.54) is 15.8 Å². The van der Waals surface area contributed by atoms with Crippen LogP contribution in [0.4, 0.5) is 0 Å². The van der Waals surface area contributed by atoms with E-state index in [-0.39, 0.29) is 22.1 Å². The molecule has 1 fully saturated rings. The number of carboxylic acid groups (broad SMARTS) is 1. The second-order valence-corrected chi connectivity index (χ2v) is 9.04. The zero-order valence-electron chi connectivity index (χ0n) is 13.7. The largest absolute Gasteiger partial charge is 0.480 e. The highest BCUT2D eigenvalue weighted by molar-refractivity contribution is 7.89. The molecule has 1 aromatic rings. The number of rotatable bonds is 7. The average molecular weight is 374 g/mol. The number of hydrogen-bond donors (Lipinski definition) is 2. The summed E-state index contributed by atoms with van der Waals surface area (Å²) in [5.74, 6) is -1.70. The minimum absolute atomic E-state index is 0.0388. The van der Waals surface area contributed by atoms with Crippen LogP contribution in [0.15, 0.2) is 16.3 Å². The fraction of sp³-hybridized carbons (Fsp3) is 0.600. The summed E-state index contributed by atoms with van der Waals surface area (Å²) >= 11 is 1.01. The van der Waals surface area contributed by atoms with Gasteiger partial charge in [0.2, 0.25) is 10.0 Å². The van der Waals surface area contributed by atoms with Gasteiger partial charge in [0.15, 0.2) is 0 Å². The number of nitrogens with one attached hydrogen (secondary N) is 1. The molecule has 9 heteroatoms. The van der Waals surface area contributed by atoms with Gasteiger partial charge in [0.05, 0.1) is 0 Å². The first kappa shape index (κ1) is 18.9. The van der Waals surface area contributed by atoms with E-state index in [0.29, 0.717) is 13.1 Å². The van der Waals surface area contributed by atoms with Crippen molar-refractivity contribution >= 4 is 33.2 Å². The molecule has 0 aromatic carbocycles. The Morgan fingerprint density at radius 1 is 1.33 bits per heavy atom. The number of thiophene rings is 1. The van der Waals surface area contributed by atoms with Gasteiger partial charge < -0.3 is 10.4 Å². The smallest absolute Gasteiger partial charge is 0.326 e. The Labute approximate surface area is 145 Å². The zero-order valence-corrected chi connectivity index (χ0v) is 15.3. The van der Waals surface area contributed by atoms with Crippen molar-refractivity contribution in [1.82, 2.24) is 9.62 Å². The van der Waals surface area contributed by atoms with E-state index in [4.69, 9.17) is 0 Å². The molecule has 0 bridgehead atoms. The lowest BCUT2D eigenvalue weighted by molar-refractivity contribution is -0.139. The van der Waals surface area contributed by atoms with Crippen molar-refractivity contribution < 1.29 is 23.1 Å². The van der Waals surface area contributed by atoms with E-state index >= 15 is 0 Å². The fourth-order valence-corrected chi connectivity index (χ4v) is 5.47. The van der Waals surface area contributed by atoms with Gasteiger partial charge in [-0.25, -0.2) is 13.2 Å². The molecule has 7 nitrogen and oxygen atoms in total. The normalized spacial score (nSPS) is 17.1. The molecule has 0 saturated carbocycles. The topological polar surface area (TPSA) is 104 Å². The summed E-state index contributed by atoms with van der Waals surface area (Å²) in [6.07, 6.45) is 1.89. The second-order valence-electron chi connectivity index (χ2n) is 6.22. The van der Waals surface area contributed by atoms with E-state index in [0.717, 1.165) is 24.2 Å². The number of aliphatic carboxylic acids is 1. The van der Waals surface area contributed by atoms with Crippen LogP contribution >= 0.6 is 11.3 Å². The van der Waals surface area contributed by atoms with E-state index in [1.807, 2.05) is 13.8 Å². The lowest BCUT2D eigenvalue weighted by Gasteiger charge is -2.18. The summed E-state index contributed by atoms with van der Waals surface area (Å²) in [5.41, 5.74) is 0. The molecular weight excluding hydrogens is 352 g/mol. The number of carboxylic acids is 1. The van der Waals surface area contributed by atoms with Crippen LogP contribution in [-0.2, 0) is 14.8 Å². The summed E-state index contributed by atoms with van der Waals surface area (Å²) in [4.78, 5) is 23.7. The number of sulfonamides is 1. The Morgan fingerprint density at radius 2 is 1.96 bits per heavy atom. The van der Waals surface area contributed by atoms with Crippen molar-refractivity contribution in [2.24, 2.45) is 5.92 Å². The van der Waals surface area contributed by atoms with Crippen LogP contribution in [0.25, 0.3) is 0 Å². The summed E-state index contributed by atoms with van der Waals surface area (Å²) < 4.78 is 26.7. The SMILES string of the molecule is CC(C)C[C@@H](NC(=O)c1sccc1S(=O)(=O)N1CCCC1)C(=O)O. The minimum atomic E-state index is -3.71. The molecule has 1 aromatic heterocycles. The predicted molar refractivity (Wildman–Crippen MR) is 90.7 cm³/mol. The van der Waals surface area contributed by atoms with Crippen LogP contribution in [0.3, 0.4) is 0 Å². The van der Waals surface area contributed by atoms with E-state index in [2.05, 4.69) is 5.32 Å². The number of hydrogen-bond acceptors (Lipinski definition) is 5. The Morgan fingerprint density at radius 3 is 2.50 bits per heavy atom. The standard InChI is InChI=1S/C15H22N2O5S2/c1-10(2)9-11(15(19)20)16-14(18)13-12(5-8-23-13)24(21,22)17-6-3-4-7-17/h5,8,10-11H,3-4,6-7,9H2,1-2H3,(H,16,18)(H,19,20)/t11-/m1/s1. The van der Waals surface area contributed by atoms with E-state index in [1.54, 1.807) is 0 Å². The molecule has 1 amide bonds. The molecule has 24 heavy (non-hydrogen) atoms. The van der Waals surface area contributed by atoms with Crippen LogP contribution in [-0.4, -0.2) is 48.8 Å². The Hall–Kier alpha value is -1.45. The molecule has 2 heterocycles. The van der Waals surface area contributed by atoms with Crippen LogP contribution in [0.1, 0.15) is 42.8 Å². The van der Waals surface area contributed by atoms with Gasteiger partial charge in [-0.1, -0.05) is 13.8 Å². The van der Waals surface area contributed by atoms with Gasteiger partial charge in [-0.3, -0.25) is 4.79 Å². The maximum absolute atomic E-state index is 12.7. The number of carbonyl (C=O) groups excluding carboxylic acids is 1. The van der Waals surface area contributed by atoms with Crippen molar-refractivity contribution in [1.29, 1.82) is 0 Å². The number of nitrogens with zero attached hydrogens (tertiary/aromatic N) is 1. The van der Waals surface area contributed by atoms with Gasteiger partial charge in [-0.15, -0.1) is 11.3 Å². The Balaban J connectivity index is 2.22. The molecule has 0 radical (unpaired) electrons. The molecule has 134 valence electrons. The first-order valence-corrected chi connectivity index (χ1v) is 10.2. The summed E-state index contributed by atoms with van der Waals surface area (Å²) in [7, 11) is -3.71. The van der Waals surface area contributed by atoms with Crippen molar-refractivity contribution in [3.63, 3.8) is 0 Å². The van der Waals surface area contributed by atoms with Crippen molar-refractivity contribution in [2.45, 2.75) is 44.0 Å². The lowest BCUT2D eigenvalue weighted by Crippen LogP contribution is -2.42. The third kappa shape index (κ3) is 4.14. The van der Waals surface area contributed by atoms with Gasteiger partial charge in [-0.2, -0.15) is 4.31 Å². The van der Waals surface area contributed by atoms with Crippen molar-refractivity contribution in [3.05, 3.63) is 16.3 Å². The van der Waals surface area contributed by atoms with Gasteiger partial charge >= 0.3 is 5.97 Å². The van der Waals surface area contributed by atoms with Gasteiger partial charge in [0.25, 0.3) is 5.91 Å². The molecule has 1 atom stereocenters. The Bertz CT molecular complexity index is 705. The van der Waals surface area contributed by atoms with Crippen LogP contribution in [0, 0.1) is 5.92 Å². The van der Waals surface area contributed by atoms with Gasteiger partial charge in [0, 0.05) is 13.1 Å². The maximum Gasteiger partial charge on any atom is 0.326 e. The monoisotopic (exact) mass is 374 g/mol. The van der Waals surface area contributed by atoms with E-state index < -0.39 is 27.9 Å². The predicted octanol–water partition coefficient (Wildman–Crippen LogP) is 1.76. The third-order valence-corrected chi connectivity index (χ3v) is 6.81. The highest BCUT2D eigenvalue weighted by atomic mass is 32.2. The van der Waals surface area contributed by atoms with Crippen LogP contribution < -0.4 is 5.32 Å². The van der Waals surface area contributed by atoms with Crippen LogP contribution in [0.2, 0.25) is 0 Å². The molecule has 0 spiro atoms. The highest BCUT2D eigenvalue weighted by Gasteiger charge is 2.33. The summed E-state index contributed by atoms with van der Waals surface area (Å²) in [6, 6.07) is 0.368. The molecule has 2 rings (SSSR count). The molecule has 1 aliphatic heterocycles. The summed E-state index contributed by atoms with van der Waals surface area (Å²) in [5, 5.41) is 13.2. The van der Waals surface area contributed by atoms with Crippen LogP contribution in [0.5, 0.6) is 0 Å². The Kier molecular flexibility index (Phi) is 6.00. The lowest BCUT2D eigenvalue weighted by atomic mass is 10.0. The van der Waals surface area contributed by atoms with Crippen molar-refractivity contribution in [3.8, 4) is 0 Å². The third-order valence-electron chi connectivity index (χ3n) is 3.83. The fourth-order valence-electron chi connectivity index (χ4n) is 2.65. The summed E-state index contributed by atoms with van der Waals surface area (Å²) in [6.45, 7) is 4.61. The van der Waals surface area contributed by atoms with E-state index in [9.17, 15) is 23.1 Å². The van der Waals surface area contributed by atoms with Crippen molar-refractivity contribution in [2.75, 3.05) is 13.1 Å². The molecule has 1 aliphatic rings. The van der Waals surface area contributed by atoms with Gasteiger partial charge in [0.1, 0.15) is 15.8 Å². The maximum atomic E-state index is 12.7. The number of amides is 1. The quantitative estimate of drug-likeness (QED) is 0.757. The molecule has 0 aliphatic carbocycles. The minimum Gasteiger partial charge on any atom is -0.480 e. The second kappa shape index (κ2) is 7.62. The zero-order chi connectivity index (χ0) is 17.9. The average Bonchev–Trinajstić information content (AvgIpc) is 3.17. The van der Waals surface area contributed by atoms with Gasteiger partial charge in [-0.05, 0) is 36.6 Å². The molecule has 0 unspecified atom stereocenters. The molecule has 2 N–H and O–H groups in total. The first-order valence-electron chi connectivity index (χ1n) is 7.84. The number of carbonyl (C=O) groups is 2. The molecular formula is C15H22N2O5S2.